The Morgan fingerprint density at radius 3 is 2.56 bits per heavy atom. The van der Waals surface area contributed by atoms with Crippen LogP contribution in [0.3, 0.4) is 0 Å². The summed E-state index contributed by atoms with van der Waals surface area (Å²) in [5.41, 5.74) is 2.75. The van der Waals surface area contributed by atoms with Gasteiger partial charge in [-0.3, -0.25) is 16.2 Å². The molecular formula is C11H24N4O. The van der Waals surface area contributed by atoms with E-state index in [0.717, 1.165) is 44.9 Å². The first kappa shape index (κ1) is 13.4. The van der Waals surface area contributed by atoms with Crippen molar-refractivity contribution in [3.05, 3.63) is 12.3 Å². The van der Waals surface area contributed by atoms with Crippen LogP contribution in [0.4, 0.5) is 0 Å². The van der Waals surface area contributed by atoms with Gasteiger partial charge in [0.25, 0.3) is 0 Å². The first-order valence-corrected chi connectivity index (χ1v) is 5.75. The fourth-order valence-corrected chi connectivity index (χ4v) is 2.00. The van der Waals surface area contributed by atoms with E-state index in [1.165, 1.54) is 0 Å². The predicted octanol–water partition coefficient (Wildman–Crippen LogP) is -0.384. The summed E-state index contributed by atoms with van der Waals surface area (Å²) in [6.45, 7) is 9.04. The van der Waals surface area contributed by atoms with E-state index in [0.29, 0.717) is 6.04 Å². The normalized spacial score (nSPS) is 20.7. The van der Waals surface area contributed by atoms with Crippen LogP contribution in [0.1, 0.15) is 6.42 Å². The maximum absolute atomic E-state index is 5.42. The van der Waals surface area contributed by atoms with Gasteiger partial charge in [0.2, 0.25) is 0 Å². The van der Waals surface area contributed by atoms with Gasteiger partial charge in [0.15, 0.2) is 0 Å². The predicted molar refractivity (Wildman–Crippen MR) is 65.8 cm³/mol. The number of hydrogen-bond donors (Lipinski definition) is 2. The zero-order valence-electron chi connectivity index (χ0n) is 10.4. The highest BCUT2D eigenvalue weighted by molar-refractivity contribution is 4.91. The lowest BCUT2D eigenvalue weighted by Gasteiger charge is -2.38. The van der Waals surface area contributed by atoms with Crippen LogP contribution >= 0.6 is 0 Å². The summed E-state index contributed by atoms with van der Waals surface area (Å²) in [7, 11) is 3.82. The standard InChI is InChI=1S/C11H24N4O/c1-10(16-3)8-11(9-13-12)15-6-4-14(2)5-7-15/h11,13H,1,4-9,12H2,2-3H3. The monoisotopic (exact) mass is 228 g/mol. The molecule has 1 rings (SSSR count). The van der Waals surface area contributed by atoms with Gasteiger partial charge < -0.3 is 9.64 Å². The fraction of sp³-hybridized carbons (Fsp3) is 0.818. The molecular weight excluding hydrogens is 204 g/mol. The van der Waals surface area contributed by atoms with Crippen LogP contribution in [-0.2, 0) is 4.74 Å². The van der Waals surface area contributed by atoms with Crippen molar-refractivity contribution in [1.29, 1.82) is 0 Å². The number of likely N-dealkylation sites (N-methyl/N-ethyl adjacent to an activating group) is 1. The Morgan fingerprint density at radius 1 is 1.44 bits per heavy atom. The molecule has 94 valence electrons. The number of nitrogens with two attached hydrogens (primary N) is 1. The zero-order valence-corrected chi connectivity index (χ0v) is 10.4. The van der Waals surface area contributed by atoms with Gasteiger partial charge >= 0.3 is 0 Å². The number of nitrogens with zero attached hydrogens (tertiary/aromatic N) is 2. The van der Waals surface area contributed by atoms with Gasteiger partial charge in [-0.15, -0.1) is 0 Å². The lowest BCUT2D eigenvalue weighted by Crippen LogP contribution is -2.52. The molecule has 1 atom stereocenters. The summed E-state index contributed by atoms with van der Waals surface area (Å²) in [6, 6.07) is 0.381. The number of methoxy groups -OCH3 is 1. The zero-order chi connectivity index (χ0) is 12.0. The first-order chi connectivity index (χ1) is 7.67. The highest BCUT2D eigenvalue weighted by Gasteiger charge is 2.22. The molecule has 5 nitrogen and oxygen atoms in total. The first-order valence-electron chi connectivity index (χ1n) is 5.75. The largest absolute Gasteiger partial charge is 0.502 e. The average Bonchev–Trinajstić information content (AvgIpc) is 2.29. The minimum atomic E-state index is 0.381. The van der Waals surface area contributed by atoms with Crippen molar-refractivity contribution in [2.45, 2.75) is 12.5 Å². The number of piperazine rings is 1. The van der Waals surface area contributed by atoms with E-state index >= 15 is 0 Å². The summed E-state index contributed by atoms with van der Waals surface area (Å²) in [5, 5.41) is 0. The highest BCUT2D eigenvalue weighted by Crippen LogP contribution is 2.12. The summed E-state index contributed by atoms with van der Waals surface area (Å²) in [5.74, 6) is 6.24. The fourth-order valence-electron chi connectivity index (χ4n) is 2.00. The van der Waals surface area contributed by atoms with Crippen LogP contribution in [0.15, 0.2) is 12.3 Å². The lowest BCUT2D eigenvalue weighted by atomic mass is 10.1. The van der Waals surface area contributed by atoms with Gasteiger partial charge in [0.1, 0.15) is 0 Å². The van der Waals surface area contributed by atoms with Gasteiger partial charge in [-0.05, 0) is 7.05 Å². The van der Waals surface area contributed by atoms with E-state index in [1.807, 2.05) is 0 Å². The molecule has 0 saturated carbocycles. The summed E-state index contributed by atoms with van der Waals surface area (Å²) >= 11 is 0. The van der Waals surface area contributed by atoms with Crippen molar-refractivity contribution in [1.82, 2.24) is 15.2 Å². The molecule has 16 heavy (non-hydrogen) atoms. The number of rotatable bonds is 6. The Labute approximate surface area is 98.2 Å². The molecule has 0 aromatic carbocycles. The van der Waals surface area contributed by atoms with Crippen LogP contribution in [-0.4, -0.2) is 62.7 Å². The van der Waals surface area contributed by atoms with Crippen LogP contribution < -0.4 is 11.3 Å². The molecule has 1 saturated heterocycles. The van der Waals surface area contributed by atoms with Gasteiger partial charge in [0, 0.05) is 45.2 Å². The second kappa shape index (κ2) is 6.85. The summed E-state index contributed by atoms with van der Waals surface area (Å²) < 4.78 is 5.14. The molecule has 0 aliphatic carbocycles. The molecule has 5 heteroatoms. The number of hydrogen-bond acceptors (Lipinski definition) is 5. The molecule has 3 N–H and O–H groups in total. The van der Waals surface area contributed by atoms with Crippen molar-refractivity contribution in [2.24, 2.45) is 5.84 Å². The van der Waals surface area contributed by atoms with Crippen molar-refractivity contribution in [2.75, 3.05) is 46.9 Å². The Morgan fingerprint density at radius 2 is 2.06 bits per heavy atom. The van der Waals surface area contributed by atoms with Gasteiger partial charge in [-0.1, -0.05) is 6.58 Å². The van der Waals surface area contributed by atoms with Gasteiger partial charge in [-0.2, -0.15) is 0 Å². The topological polar surface area (TPSA) is 53.8 Å². The summed E-state index contributed by atoms with van der Waals surface area (Å²) in [4.78, 5) is 4.79. The molecule has 0 bridgehead atoms. The number of nitrogens with one attached hydrogen (secondary N) is 1. The third-order valence-electron chi connectivity index (χ3n) is 3.16. The van der Waals surface area contributed by atoms with Crippen molar-refractivity contribution in [3.63, 3.8) is 0 Å². The van der Waals surface area contributed by atoms with E-state index in [9.17, 15) is 0 Å². The van der Waals surface area contributed by atoms with Crippen LogP contribution in [0.25, 0.3) is 0 Å². The molecule has 1 heterocycles. The molecule has 1 unspecified atom stereocenters. The Kier molecular flexibility index (Phi) is 5.76. The van der Waals surface area contributed by atoms with Crippen LogP contribution in [0.5, 0.6) is 0 Å². The minimum absolute atomic E-state index is 0.381. The second-order valence-corrected chi connectivity index (χ2v) is 4.35. The molecule has 0 amide bonds. The molecule has 1 aliphatic heterocycles. The summed E-state index contributed by atoms with van der Waals surface area (Å²) in [6.07, 6.45) is 0.838. The highest BCUT2D eigenvalue weighted by atomic mass is 16.5. The van der Waals surface area contributed by atoms with Crippen LogP contribution in [0, 0.1) is 0 Å². The lowest BCUT2D eigenvalue weighted by molar-refractivity contribution is 0.101. The van der Waals surface area contributed by atoms with Crippen molar-refractivity contribution < 1.29 is 4.74 Å². The minimum Gasteiger partial charge on any atom is -0.502 e. The SMILES string of the molecule is C=C(CC(CNN)N1CCN(C)CC1)OC. The van der Waals surface area contributed by atoms with Crippen molar-refractivity contribution >= 4 is 0 Å². The van der Waals surface area contributed by atoms with Crippen LogP contribution in [0.2, 0.25) is 0 Å². The third kappa shape index (κ3) is 4.09. The second-order valence-electron chi connectivity index (χ2n) is 4.35. The molecule has 1 fully saturated rings. The quantitative estimate of drug-likeness (QED) is 0.369. The molecule has 0 radical (unpaired) electrons. The molecule has 0 aromatic heterocycles. The van der Waals surface area contributed by atoms with E-state index in [1.54, 1.807) is 7.11 Å². The van der Waals surface area contributed by atoms with E-state index < -0.39 is 0 Å². The number of hydrazine groups is 1. The Hall–Kier alpha value is -0.620. The van der Waals surface area contributed by atoms with Crippen molar-refractivity contribution in [3.8, 4) is 0 Å². The third-order valence-corrected chi connectivity index (χ3v) is 3.16. The Bertz CT molecular complexity index is 214. The van der Waals surface area contributed by atoms with E-state index in [2.05, 4.69) is 28.9 Å². The average molecular weight is 228 g/mol. The maximum Gasteiger partial charge on any atom is 0.0900 e. The van der Waals surface area contributed by atoms with E-state index in [-0.39, 0.29) is 0 Å². The van der Waals surface area contributed by atoms with E-state index in [4.69, 9.17) is 10.6 Å². The molecule has 1 aliphatic rings. The Balaban J connectivity index is 2.45. The molecule has 0 spiro atoms. The maximum atomic E-state index is 5.42. The smallest absolute Gasteiger partial charge is 0.0900 e. The van der Waals surface area contributed by atoms with Gasteiger partial charge in [-0.25, -0.2) is 0 Å². The molecule has 0 aromatic rings. The van der Waals surface area contributed by atoms with Gasteiger partial charge in [0.05, 0.1) is 12.9 Å². The number of ether oxygens (including phenoxy) is 1.